The molecule has 0 aromatic carbocycles. The van der Waals surface area contributed by atoms with Gasteiger partial charge in [0.25, 0.3) is 0 Å². The van der Waals surface area contributed by atoms with E-state index in [2.05, 4.69) is 23.8 Å². The molecule has 0 amide bonds. The lowest BCUT2D eigenvalue weighted by molar-refractivity contribution is 0.0140. The lowest BCUT2D eigenvalue weighted by Gasteiger charge is -2.25. The van der Waals surface area contributed by atoms with Crippen LogP contribution in [0.3, 0.4) is 0 Å². The van der Waals surface area contributed by atoms with Gasteiger partial charge >= 0.3 is 6.01 Å². The van der Waals surface area contributed by atoms with Crippen molar-refractivity contribution in [1.29, 1.82) is 0 Å². The summed E-state index contributed by atoms with van der Waals surface area (Å²) < 4.78 is 5.62. The molecule has 0 fully saturated rings. The Morgan fingerprint density at radius 2 is 2.19 bits per heavy atom. The average molecular weight is 224 g/mol. The number of hydrogen-bond acceptors (Lipinski definition) is 4. The molecule has 1 aromatic heterocycles. The van der Waals surface area contributed by atoms with Crippen LogP contribution >= 0.6 is 0 Å². The minimum absolute atomic E-state index is 0.0429. The van der Waals surface area contributed by atoms with Crippen molar-refractivity contribution in [2.75, 3.05) is 6.61 Å². The molecule has 4 heteroatoms. The third-order valence-corrected chi connectivity index (χ3v) is 2.67. The summed E-state index contributed by atoms with van der Waals surface area (Å²) in [6.07, 6.45) is 2.39. The zero-order chi connectivity index (χ0) is 12.2. The maximum absolute atomic E-state index is 9.24. The van der Waals surface area contributed by atoms with Crippen molar-refractivity contribution in [2.24, 2.45) is 0 Å². The van der Waals surface area contributed by atoms with E-state index in [1.165, 1.54) is 0 Å². The molecule has 0 saturated heterocycles. The van der Waals surface area contributed by atoms with Gasteiger partial charge in [0.05, 0.1) is 12.3 Å². The molecule has 0 spiro atoms. The third-order valence-electron chi connectivity index (χ3n) is 2.67. The van der Waals surface area contributed by atoms with Gasteiger partial charge < -0.3 is 9.84 Å². The van der Waals surface area contributed by atoms with Crippen LogP contribution in [-0.2, 0) is 0 Å². The molecule has 0 radical (unpaired) electrons. The molecule has 1 rings (SSSR count). The highest BCUT2D eigenvalue weighted by molar-refractivity contribution is 5.09. The third kappa shape index (κ3) is 3.17. The van der Waals surface area contributed by atoms with Crippen LogP contribution in [0.2, 0.25) is 0 Å². The molecule has 90 valence electrons. The number of aliphatic hydroxyl groups is 1. The lowest BCUT2D eigenvalue weighted by Crippen LogP contribution is -2.36. The Balaban J connectivity index is 2.85. The van der Waals surface area contributed by atoms with Crippen LogP contribution in [0.5, 0.6) is 6.01 Å². The summed E-state index contributed by atoms with van der Waals surface area (Å²) in [7, 11) is 0. The summed E-state index contributed by atoms with van der Waals surface area (Å²) in [6.45, 7) is 7.90. The summed E-state index contributed by atoms with van der Waals surface area (Å²) in [4.78, 5) is 8.37. The molecule has 1 aromatic rings. The first kappa shape index (κ1) is 12.9. The molecule has 1 unspecified atom stereocenters. The second-order valence-electron chi connectivity index (χ2n) is 4.48. The fourth-order valence-electron chi connectivity index (χ4n) is 1.16. The maximum Gasteiger partial charge on any atom is 0.317 e. The average Bonchev–Trinajstić information content (AvgIpc) is 2.29. The highest BCUT2D eigenvalue weighted by atomic mass is 16.5. The summed E-state index contributed by atoms with van der Waals surface area (Å²) in [5.74, 6) is 0.340. The van der Waals surface area contributed by atoms with E-state index < -0.39 is 5.60 Å². The Kier molecular flexibility index (Phi) is 4.24. The van der Waals surface area contributed by atoms with Gasteiger partial charge in [0.1, 0.15) is 5.60 Å². The number of nitrogens with zero attached hydrogens (tertiary/aromatic N) is 2. The topological polar surface area (TPSA) is 55.2 Å². The minimum Gasteiger partial charge on any atom is -0.455 e. The first-order chi connectivity index (χ1) is 7.50. The highest BCUT2D eigenvalue weighted by Gasteiger charge is 2.24. The first-order valence-corrected chi connectivity index (χ1v) is 5.63. The van der Waals surface area contributed by atoms with Crippen molar-refractivity contribution >= 4 is 0 Å². The zero-order valence-electron chi connectivity index (χ0n) is 10.4. The standard InChI is InChI=1S/C12H20N2O2/c1-5-12(4,8-15)16-11-13-7-6-10(14-11)9(2)3/h6-7,9,15H,5,8H2,1-4H3. The Morgan fingerprint density at radius 3 is 2.69 bits per heavy atom. The molecule has 0 aliphatic carbocycles. The lowest BCUT2D eigenvalue weighted by atomic mass is 10.1. The van der Waals surface area contributed by atoms with Gasteiger partial charge in [-0.05, 0) is 25.3 Å². The highest BCUT2D eigenvalue weighted by Crippen LogP contribution is 2.19. The quantitative estimate of drug-likeness (QED) is 0.832. The molecule has 4 nitrogen and oxygen atoms in total. The van der Waals surface area contributed by atoms with Crippen LogP contribution in [0.25, 0.3) is 0 Å². The zero-order valence-corrected chi connectivity index (χ0v) is 10.4. The minimum atomic E-state index is -0.602. The maximum atomic E-state index is 9.24. The molecule has 1 atom stereocenters. The SMILES string of the molecule is CCC(C)(CO)Oc1nccc(C(C)C)n1. The van der Waals surface area contributed by atoms with Crippen LogP contribution in [-0.4, -0.2) is 27.3 Å². The van der Waals surface area contributed by atoms with Crippen LogP contribution in [0.1, 0.15) is 45.7 Å². The molecular formula is C12H20N2O2. The van der Waals surface area contributed by atoms with Gasteiger partial charge in [0.15, 0.2) is 0 Å². The summed E-state index contributed by atoms with van der Waals surface area (Å²) >= 11 is 0. The molecule has 16 heavy (non-hydrogen) atoms. The van der Waals surface area contributed by atoms with E-state index in [1.54, 1.807) is 6.20 Å². The molecule has 0 aliphatic heterocycles. The van der Waals surface area contributed by atoms with E-state index in [0.717, 1.165) is 5.69 Å². The Hall–Kier alpha value is -1.16. The van der Waals surface area contributed by atoms with E-state index in [9.17, 15) is 5.11 Å². The largest absolute Gasteiger partial charge is 0.455 e. The van der Waals surface area contributed by atoms with Crippen molar-refractivity contribution in [2.45, 2.75) is 45.6 Å². The first-order valence-electron chi connectivity index (χ1n) is 5.63. The van der Waals surface area contributed by atoms with Gasteiger partial charge in [-0.15, -0.1) is 0 Å². The van der Waals surface area contributed by atoms with Crippen LogP contribution < -0.4 is 4.74 Å². The van der Waals surface area contributed by atoms with E-state index in [-0.39, 0.29) is 6.61 Å². The van der Waals surface area contributed by atoms with Gasteiger partial charge in [-0.2, -0.15) is 4.98 Å². The van der Waals surface area contributed by atoms with Crippen LogP contribution in [0.4, 0.5) is 0 Å². The second-order valence-corrected chi connectivity index (χ2v) is 4.48. The molecular weight excluding hydrogens is 204 g/mol. The van der Waals surface area contributed by atoms with E-state index in [1.807, 2.05) is 19.9 Å². The Labute approximate surface area is 96.7 Å². The number of aromatic nitrogens is 2. The number of ether oxygens (including phenoxy) is 1. The van der Waals surface area contributed by atoms with Crippen molar-refractivity contribution < 1.29 is 9.84 Å². The second kappa shape index (κ2) is 5.25. The number of aliphatic hydroxyl groups excluding tert-OH is 1. The Morgan fingerprint density at radius 1 is 1.50 bits per heavy atom. The van der Waals surface area contributed by atoms with Gasteiger partial charge in [-0.3, -0.25) is 0 Å². The van der Waals surface area contributed by atoms with Crippen molar-refractivity contribution in [3.8, 4) is 6.01 Å². The van der Waals surface area contributed by atoms with Crippen molar-refractivity contribution in [3.05, 3.63) is 18.0 Å². The van der Waals surface area contributed by atoms with Crippen molar-refractivity contribution in [3.63, 3.8) is 0 Å². The van der Waals surface area contributed by atoms with Gasteiger partial charge in [0.2, 0.25) is 0 Å². The Bertz CT molecular complexity index is 336. The van der Waals surface area contributed by atoms with E-state index >= 15 is 0 Å². The predicted molar refractivity (Wildman–Crippen MR) is 62.5 cm³/mol. The summed E-state index contributed by atoms with van der Waals surface area (Å²) in [5, 5.41) is 9.24. The van der Waals surface area contributed by atoms with Gasteiger partial charge in [0, 0.05) is 6.20 Å². The van der Waals surface area contributed by atoms with E-state index in [0.29, 0.717) is 18.3 Å². The fourth-order valence-corrected chi connectivity index (χ4v) is 1.16. The van der Waals surface area contributed by atoms with Crippen molar-refractivity contribution in [1.82, 2.24) is 9.97 Å². The van der Waals surface area contributed by atoms with Gasteiger partial charge in [-0.25, -0.2) is 4.98 Å². The molecule has 0 aliphatic rings. The van der Waals surface area contributed by atoms with Gasteiger partial charge in [-0.1, -0.05) is 20.8 Å². The smallest absolute Gasteiger partial charge is 0.317 e. The normalized spacial score (nSPS) is 14.9. The molecule has 1 heterocycles. The molecule has 1 N–H and O–H groups in total. The molecule has 0 bridgehead atoms. The summed E-state index contributed by atoms with van der Waals surface area (Å²) in [5.41, 5.74) is 0.344. The van der Waals surface area contributed by atoms with Crippen LogP contribution in [0, 0.1) is 0 Å². The number of hydrogen-bond donors (Lipinski definition) is 1. The number of rotatable bonds is 5. The van der Waals surface area contributed by atoms with E-state index in [4.69, 9.17) is 4.74 Å². The monoisotopic (exact) mass is 224 g/mol. The van der Waals surface area contributed by atoms with Crippen LogP contribution in [0.15, 0.2) is 12.3 Å². The molecule has 0 saturated carbocycles. The summed E-state index contributed by atoms with van der Waals surface area (Å²) in [6, 6.07) is 2.21. The fraction of sp³-hybridized carbons (Fsp3) is 0.667. The predicted octanol–water partition coefficient (Wildman–Crippen LogP) is 2.14.